The van der Waals surface area contributed by atoms with Crippen molar-refractivity contribution in [1.82, 2.24) is 4.72 Å². The number of nitrogen functional groups attached to an aromatic ring is 1. The maximum Gasteiger partial charge on any atom is 0.240 e. The van der Waals surface area contributed by atoms with E-state index in [1.165, 1.54) is 12.5 Å². The Morgan fingerprint density at radius 2 is 2.20 bits per heavy atom. The molecule has 0 saturated carbocycles. The van der Waals surface area contributed by atoms with Gasteiger partial charge < -0.3 is 5.73 Å². The van der Waals surface area contributed by atoms with Gasteiger partial charge in [-0.1, -0.05) is 6.42 Å². The third-order valence-electron chi connectivity index (χ3n) is 3.36. The molecule has 1 aliphatic heterocycles. The molecule has 20 heavy (non-hydrogen) atoms. The summed E-state index contributed by atoms with van der Waals surface area (Å²) < 4.78 is 40.4. The van der Waals surface area contributed by atoms with E-state index in [1.807, 2.05) is 0 Å². The van der Waals surface area contributed by atoms with Crippen LogP contribution in [-0.4, -0.2) is 26.0 Å². The van der Waals surface area contributed by atoms with Crippen molar-refractivity contribution in [2.24, 2.45) is 0 Å². The zero-order chi connectivity index (χ0) is 14.8. The zero-order valence-corrected chi connectivity index (χ0v) is 13.0. The van der Waals surface area contributed by atoms with Crippen LogP contribution in [-0.2, 0) is 10.0 Å². The maximum absolute atomic E-state index is 13.3. The van der Waals surface area contributed by atoms with Crippen molar-refractivity contribution < 1.29 is 12.8 Å². The predicted molar refractivity (Wildman–Crippen MR) is 80.8 cm³/mol. The molecule has 0 aromatic heterocycles. The Labute approximate surface area is 123 Å². The zero-order valence-electron chi connectivity index (χ0n) is 11.4. The first kappa shape index (κ1) is 15.6. The van der Waals surface area contributed by atoms with Crippen LogP contribution in [0.2, 0.25) is 0 Å². The third kappa shape index (κ3) is 3.65. The minimum absolute atomic E-state index is 0.0530. The Kier molecular flexibility index (Phi) is 4.93. The normalized spacial score (nSPS) is 20.0. The summed E-state index contributed by atoms with van der Waals surface area (Å²) in [4.78, 5) is 0.0530. The minimum atomic E-state index is -3.64. The Morgan fingerprint density at radius 3 is 2.85 bits per heavy atom. The van der Waals surface area contributed by atoms with Crippen LogP contribution < -0.4 is 10.5 Å². The average Bonchev–Trinajstić information content (AvgIpc) is 2.42. The van der Waals surface area contributed by atoms with Gasteiger partial charge in [0.25, 0.3) is 0 Å². The maximum atomic E-state index is 13.3. The van der Waals surface area contributed by atoms with Crippen LogP contribution in [0.5, 0.6) is 0 Å². The molecule has 2 rings (SSSR count). The van der Waals surface area contributed by atoms with E-state index in [0.717, 1.165) is 24.7 Å². The van der Waals surface area contributed by atoms with Gasteiger partial charge in [0.2, 0.25) is 10.0 Å². The highest BCUT2D eigenvalue weighted by Gasteiger charge is 2.21. The highest BCUT2D eigenvalue weighted by atomic mass is 32.2. The van der Waals surface area contributed by atoms with Gasteiger partial charge in [-0.15, -0.1) is 0 Å². The molecule has 0 spiro atoms. The smallest absolute Gasteiger partial charge is 0.240 e. The van der Waals surface area contributed by atoms with E-state index < -0.39 is 15.8 Å². The van der Waals surface area contributed by atoms with Crippen molar-refractivity contribution in [3.63, 3.8) is 0 Å². The molecule has 1 unspecified atom stereocenters. The monoisotopic (exact) mass is 318 g/mol. The molecule has 1 heterocycles. The Morgan fingerprint density at radius 1 is 1.45 bits per heavy atom. The first-order valence-electron chi connectivity index (χ1n) is 6.57. The molecule has 112 valence electrons. The van der Waals surface area contributed by atoms with E-state index >= 15 is 0 Å². The summed E-state index contributed by atoms with van der Waals surface area (Å²) in [5.74, 6) is 0.485. The standard InChI is InChI=1S/C13H19FN2O2S2/c1-9-6-11(14)12(15)7-13(9)20(17,18)16-8-10-4-2-3-5-19-10/h6-7,10,16H,2-5,8,15H2,1H3. The molecule has 0 bridgehead atoms. The molecule has 1 aromatic carbocycles. The lowest BCUT2D eigenvalue weighted by Crippen LogP contribution is -2.32. The summed E-state index contributed by atoms with van der Waals surface area (Å²) in [6.45, 7) is 1.97. The fourth-order valence-electron chi connectivity index (χ4n) is 2.21. The fourth-order valence-corrected chi connectivity index (χ4v) is 4.89. The molecule has 0 aliphatic carbocycles. The molecule has 1 aliphatic rings. The molecule has 1 fully saturated rings. The molecule has 7 heteroatoms. The van der Waals surface area contributed by atoms with Gasteiger partial charge in [0.15, 0.2) is 0 Å². The summed E-state index contributed by atoms with van der Waals surface area (Å²) in [6, 6.07) is 2.33. The fraction of sp³-hybridized carbons (Fsp3) is 0.538. The first-order valence-corrected chi connectivity index (χ1v) is 9.10. The molecular formula is C13H19FN2O2S2. The number of halogens is 1. The van der Waals surface area contributed by atoms with Crippen LogP contribution in [0.25, 0.3) is 0 Å². The second-order valence-corrected chi connectivity index (χ2v) is 8.12. The average molecular weight is 318 g/mol. The van der Waals surface area contributed by atoms with Gasteiger partial charge in [0.05, 0.1) is 10.6 Å². The van der Waals surface area contributed by atoms with E-state index in [9.17, 15) is 12.8 Å². The minimum Gasteiger partial charge on any atom is -0.396 e. The van der Waals surface area contributed by atoms with Crippen LogP contribution >= 0.6 is 11.8 Å². The number of thioether (sulfide) groups is 1. The van der Waals surface area contributed by atoms with Crippen molar-refractivity contribution in [3.8, 4) is 0 Å². The van der Waals surface area contributed by atoms with Crippen molar-refractivity contribution in [1.29, 1.82) is 0 Å². The summed E-state index contributed by atoms with van der Waals surface area (Å²) in [5, 5.41) is 0.316. The highest BCUT2D eigenvalue weighted by molar-refractivity contribution is 8.00. The van der Waals surface area contributed by atoms with E-state index in [1.54, 1.807) is 18.7 Å². The van der Waals surface area contributed by atoms with E-state index in [-0.39, 0.29) is 10.6 Å². The van der Waals surface area contributed by atoms with Gasteiger partial charge in [-0.25, -0.2) is 17.5 Å². The molecule has 4 nitrogen and oxygen atoms in total. The molecule has 3 N–H and O–H groups in total. The summed E-state index contributed by atoms with van der Waals surface area (Å²) in [7, 11) is -3.64. The number of hydrogen-bond donors (Lipinski definition) is 2. The van der Waals surface area contributed by atoms with E-state index in [2.05, 4.69) is 4.72 Å². The summed E-state index contributed by atoms with van der Waals surface area (Å²) in [6.07, 6.45) is 3.36. The molecule has 1 aromatic rings. The number of rotatable bonds is 4. The number of nitrogens with one attached hydrogen (secondary N) is 1. The SMILES string of the molecule is Cc1cc(F)c(N)cc1S(=O)(=O)NCC1CCCCS1. The number of anilines is 1. The van der Waals surface area contributed by atoms with Crippen molar-refractivity contribution >= 4 is 27.5 Å². The van der Waals surface area contributed by atoms with E-state index in [4.69, 9.17) is 5.73 Å². The number of aryl methyl sites for hydroxylation is 1. The molecule has 1 saturated heterocycles. The summed E-state index contributed by atoms with van der Waals surface area (Å²) >= 11 is 1.80. The van der Waals surface area contributed by atoms with Crippen LogP contribution in [0.1, 0.15) is 24.8 Å². The van der Waals surface area contributed by atoms with Gasteiger partial charge in [-0.05, 0) is 43.2 Å². The Balaban J connectivity index is 2.11. The topological polar surface area (TPSA) is 72.2 Å². The highest BCUT2D eigenvalue weighted by Crippen LogP contribution is 2.25. The lowest BCUT2D eigenvalue weighted by molar-refractivity contribution is 0.572. The van der Waals surface area contributed by atoms with Crippen molar-refractivity contribution in [3.05, 3.63) is 23.5 Å². The molecular weight excluding hydrogens is 299 g/mol. The van der Waals surface area contributed by atoms with Crippen LogP contribution in [0, 0.1) is 12.7 Å². The van der Waals surface area contributed by atoms with Gasteiger partial charge >= 0.3 is 0 Å². The van der Waals surface area contributed by atoms with E-state index in [0.29, 0.717) is 17.4 Å². The number of hydrogen-bond acceptors (Lipinski definition) is 4. The largest absolute Gasteiger partial charge is 0.396 e. The second-order valence-electron chi connectivity index (χ2n) is 4.98. The Bertz CT molecular complexity index is 584. The van der Waals surface area contributed by atoms with Crippen molar-refractivity contribution in [2.45, 2.75) is 36.3 Å². The van der Waals surface area contributed by atoms with Crippen LogP contribution in [0.15, 0.2) is 17.0 Å². The van der Waals surface area contributed by atoms with Crippen LogP contribution in [0.4, 0.5) is 10.1 Å². The lowest BCUT2D eigenvalue weighted by atomic mass is 10.2. The first-order chi connectivity index (χ1) is 9.40. The quantitative estimate of drug-likeness (QED) is 0.836. The van der Waals surface area contributed by atoms with Gasteiger partial charge in [0, 0.05) is 11.8 Å². The van der Waals surface area contributed by atoms with Gasteiger partial charge in [-0.3, -0.25) is 0 Å². The number of nitrogens with two attached hydrogens (primary N) is 1. The number of sulfonamides is 1. The second kappa shape index (κ2) is 6.32. The summed E-state index contributed by atoms with van der Waals surface area (Å²) in [5.41, 5.74) is 5.67. The van der Waals surface area contributed by atoms with Gasteiger partial charge in [-0.2, -0.15) is 11.8 Å². The molecule has 0 radical (unpaired) electrons. The third-order valence-corrected chi connectivity index (χ3v) is 6.32. The molecule has 0 amide bonds. The van der Waals surface area contributed by atoms with Crippen LogP contribution in [0.3, 0.4) is 0 Å². The Hall–Kier alpha value is -0.790. The van der Waals surface area contributed by atoms with Crippen molar-refractivity contribution in [2.75, 3.05) is 18.0 Å². The van der Waals surface area contributed by atoms with Gasteiger partial charge in [0.1, 0.15) is 5.82 Å². The number of benzene rings is 1. The molecule has 1 atom stereocenters. The lowest BCUT2D eigenvalue weighted by Gasteiger charge is -2.21. The predicted octanol–water partition coefficient (Wildman–Crippen LogP) is 2.28.